The molecule has 2 aromatic heterocycles. The molecule has 0 amide bonds. The predicted octanol–water partition coefficient (Wildman–Crippen LogP) is 2.18. The number of imidazole rings is 1. The maximum Gasteiger partial charge on any atom is 0.182 e. The second kappa shape index (κ2) is 6.92. The Hall–Kier alpha value is -2.67. The van der Waals surface area contributed by atoms with Gasteiger partial charge in [-0.3, -0.25) is 0 Å². The molecule has 7 heteroatoms. The molecule has 3 aromatic rings. The minimum atomic E-state index is -0.206. The maximum atomic E-state index is 10.3. The van der Waals surface area contributed by atoms with Gasteiger partial charge in [-0.2, -0.15) is 0 Å². The molecular formula is C19H23N5O2. The number of piperidine rings is 1. The second-order valence-corrected chi connectivity index (χ2v) is 7.01. The highest BCUT2D eigenvalue weighted by Gasteiger charge is 2.36. The number of aliphatic hydroxyl groups is 1. The van der Waals surface area contributed by atoms with Crippen LogP contribution in [0, 0.1) is 5.41 Å². The summed E-state index contributed by atoms with van der Waals surface area (Å²) < 4.78 is 5.34. The first kappa shape index (κ1) is 16.8. The number of aromatic nitrogens is 4. The molecular weight excluding hydrogens is 330 g/mol. The van der Waals surface area contributed by atoms with Gasteiger partial charge in [0.15, 0.2) is 11.5 Å². The standard InChI is InChI=1S/C19H23N5O2/c1-26-15-5-2-4-14(8-15)9-19(11-25)6-3-7-24(10-19)18-16-17(21-12-20-16)22-13-23-18/h2,4-5,8,12-13,25H,3,6-7,9-11H2,1H3,(H,20,21,22,23)/t19-/m0/s1. The van der Waals surface area contributed by atoms with Gasteiger partial charge in [0.1, 0.15) is 17.6 Å². The highest BCUT2D eigenvalue weighted by molar-refractivity contribution is 5.82. The number of benzene rings is 1. The van der Waals surface area contributed by atoms with E-state index < -0.39 is 0 Å². The fraction of sp³-hybridized carbons (Fsp3) is 0.421. The molecule has 2 N–H and O–H groups in total. The lowest BCUT2D eigenvalue weighted by atomic mass is 9.75. The number of aliphatic hydroxyl groups excluding tert-OH is 1. The van der Waals surface area contributed by atoms with Gasteiger partial charge in [0.2, 0.25) is 0 Å². The minimum Gasteiger partial charge on any atom is -0.497 e. The van der Waals surface area contributed by atoms with Crippen LogP contribution in [0.2, 0.25) is 0 Å². The Labute approximate surface area is 152 Å². The Bertz CT molecular complexity index is 896. The van der Waals surface area contributed by atoms with Crippen LogP contribution in [0.1, 0.15) is 18.4 Å². The van der Waals surface area contributed by atoms with Gasteiger partial charge < -0.3 is 19.7 Å². The molecule has 0 unspecified atom stereocenters. The van der Waals surface area contributed by atoms with Crippen molar-refractivity contribution in [1.29, 1.82) is 0 Å². The zero-order chi connectivity index (χ0) is 18.0. The number of anilines is 1. The summed E-state index contributed by atoms with van der Waals surface area (Å²) in [5.41, 5.74) is 2.49. The molecule has 1 atom stereocenters. The van der Waals surface area contributed by atoms with Crippen molar-refractivity contribution in [3.63, 3.8) is 0 Å². The highest BCUT2D eigenvalue weighted by atomic mass is 16.5. The molecule has 0 bridgehead atoms. The number of H-pyrrole nitrogens is 1. The molecule has 1 saturated heterocycles. The van der Waals surface area contributed by atoms with Crippen molar-refractivity contribution in [1.82, 2.24) is 19.9 Å². The molecule has 1 aromatic carbocycles. The summed E-state index contributed by atoms with van der Waals surface area (Å²) in [6.45, 7) is 1.79. The zero-order valence-corrected chi connectivity index (χ0v) is 14.9. The van der Waals surface area contributed by atoms with Crippen molar-refractivity contribution in [2.24, 2.45) is 5.41 Å². The Morgan fingerprint density at radius 2 is 2.23 bits per heavy atom. The van der Waals surface area contributed by atoms with Crippen molar-refractivity contribution >= 4 is 17.0 Å². The molecule has 1 aliphatic heterocycles. The van der Waals surface area contributed by atoms with Crippen LogP contribution >= 0.6 is 0 Å². The average molecular weight is 353 g/mol. The summed E-state index contributed by atoms with van der Waals surface area (Å²) in [5, 5.41) is 10.3. The van der Waals surface area contributed by atoms with Crippen LogP contribution in [0.15, 0.2) is 36.9 Å². The number of ether oxygens (including phenoxy) is 1. The van der Waals surface area contributed by atoms with Crippen LogP contribution in [0.3, 0.4) is 0 Å². The van der Waals surface area contributed by atoms with Gasteiger partial charge in [-0.15, -0.1) is 0 Å². The summed E-state index contributed by atoms with van der Waals surface area (Å²) in [6, 6.07) is 8.08. The molecule has 26 heavy (non-hydrogen) atoms. The third-order valence-corrected chi connectivity index (χ3v) is 5.21. The minimum absolute atomic E-state index is 0.137. The summed E-state index contributed by atoms with van der Waals surface area (Å²) >= 11 is 0. The number of nitrogens with one attached hydrogen (secondary N) is 1. The SMILES string of the molecule is COc1cccc(C[C@@]2(CO)CCCN(c3ncnc4nc[nH]c34)C2)c1. The topological polar surface area (TPSA) is 87.2 Å². The largest absolute Gasteiger partial charge is 0.497 e. The quantitative estimate of drug-likeness (QED) is 0.731. The maximum absolute atomic E-state index is 10.3. The number of methoxy groups -OCH3 is 1. The molecule has 0 radical (unpaired) electrons. The molecule has 0 aliphatic carbocycles. The molecule has 136 valence electrons. The summed E-state index contributed by atoms with van der Waals surface area (Å²) in [5.74, 6) is 1.70. The van der Waals surface area contributed by atoms with Gasteiger partial charge in [0.25, 0.3) is 0 Å². The van der Waals surface area contributed by atoms with Gasteiger partial charge in [-0.05, 0) is 37.0 Å². The van der Waals surface area contributed by atoms with E-state index in [1.165, 1.54) is 5.56 Å². The molecule has 4 rings (SSSR count). The lowest BCUT2D eigenvalue weighted by Crippen LogP contribution is -2.47. The van der Waals surface area contributed by atoms with Crippen molar-refractivity contribution in [3.8, 4) is 5.75 Å². The molecule has 3 heterocycles. The van der Waals surface area contributed by atoms with Crippen LogP contribution in [-0.2, 0) is 6.42 Å². The van der Waals surface area contributed by atoms with E-state index in [-0.39, 0.29) is 12.0 Å². The molecule has 0 saturated carbocycles. The fourth-order valence-corrected chi connectivity index (χ4v) is 3.93. The number of rotatable bonds is 5. The van der Waals surface area contributed by atoms with Crippen LogP contribution in [0.4, 0.5) is 5.82 Å². The average Bonchev–Trinajstić information content (AvgIpc) is 3.17. The Kier molecular flexibility index (Phi) is 4.46. The van der Waals surface area contributed by atoms with E-state index in [0.717, 1.165) is 49.4 Å². The van der Waals surface area contributed by atoms with E-state index >= 15 is 0 Å². The normalized spacial score (nSPS) is 20.5. The smallest absolute Gasteiger partial charge is 0.182 e. The van der Waals surface area contributed by atoms with E-state index in [9.17, 15) is 5.11 Å². The van der Waals surface area contributed by atoms with Gasteiger partial charge in [0, 0.05) is 18.5 Å². The number of hydrogen-bond acceptors (Lipinski definition) is 6. The molecule has 1 fully saturated rings. The Morgan fingerprint density at radius 1 is 1.31 bits per heavy atom. The Balaban J connectivity index is 1.62. The molecule has 7 nitrogen and oxygen atoms in total. The van der Waals surface area contributed by atoms with Gasteiger partial charge >= 0.3 is 0 Å². The third kappa shape index (κ3) is 3.10. The van der Waals surface area contributed by atoms with Crippen molar-refractivity contribution < 1.29 is 9.84 Å². The Morgan fingerprint density at radius 3 is 3.08 bits per heavy atom. The highest BCUT2D eigenvalue weighted by Crippen LogP contribution is 2.36. The van der Waals surface area contributed by atoms with E-state index in [4.69, 9.17) is 4.74 Å². The van der Waals surface area contributed by atoms with Crippen molar-refractivity contribution in [2.75, 3.05) is 31.7 Å². The van der Waals surface area contributed by atoms with Crippen LogP contribution < -0.4 is 9.64 Å². The predicted molar refractivity (Wildman–Crippen MR) is 99.3 cm³/mol. The third-order valence-electron chi connectivity index (χ3n) is 5.21. The first-order chi connectivity index (χ1) is 12.7. The number of aromatic amines is 1. The number of nitrogens with zero attached hydrogens (tertiary/aromatic N) is 4. The van der Waals surface area contributed by atoms with Gasteiger partial charge in [-0.1, -0.05) is 12.1 Å². The number of fused-ring (bicyclic) bond motifs is 1. The number of hydrogen-bond donors (Lipinski definition) is 2. The zero-order valence-electron chi connectivity index (χ0n) is 14.9. The van der Waals surface area contributed by atoms with Crippen LogP contribution in [0.25, 0.3) is 11.2 Å². The van der Waals surface area contributed by atoms with Crippen molar-refractivity contribution in [3.05, 3.63) is 42.5 Å². The van der Waals surface area contributed by atoms with Gasteiger partial charge in [-0.25, -0.2) is 15.0 Å². The lowest BCUT2D eigenvalue weighted by Gasteiger charge is -2.42. The molecule has 0 spiro atoms. The van der Waals surface area contributed by atoms with E-state index in [1.807, 2.05) is 18.2 Å². The van der Waals surface area contributed by atoms with Crippen LogP contribution in [-0.4, -0.2) is 51.8 Å². The fourth-order valence-electron chi connectivity index (χ4n) is 3.93. The monoisotopic (exact) mass is 353 g/mol. The van der Waals surface area contributed by atoms with Gasteiger partial charge in [0.05, 0.1) is 20.0 Å². The van der Waals surface area contributed by atoms with Crippen LogP contribution in [0.5, 0.6) is 5.75 Å². The van der Waals surface area contributed by atoms with E-state index in [1.54, 1.807) is 19.8 Å². The first-order valence-corrected chi connectivity index (χ1v) is 8.86. The molecule has 1 aliphatic rings. The van der Waals surface area contributed by atoms with E-state index in [2.05, 4.69) is 30.9 Å². The van der Waals surface area contributed by atoms with Crippen molar-refractivity contribution in [2.45, 2.75) is 19.3 Å². The van der Waals surface area contributed by atoms with E-state index in [0.29, 0.717) is 5.65 Å². The lowest BCUT2D eigenvalue weighted by molar-refractivity contribution is 0.105. The summed E-state index contributed by atoms with van der Waals surface area (Å²) in [4.78, 5) is 18.3. The summed E-state index contributed by atoms with van der Waals surface area (Å²) in [7, 11) is 1.67. The first-order valence-electron chi connectivity index (χ1n) is 8.86. The summed E-state index contributed by atoms with van der Waals surface area (Å²) in [6.07, 6.45) is 5.98. The second-order valence-electron chi connectivity index (χ2n) is 7.01.